The zero-order chi connectivity index (χ0) is 12.6. The fourth-order valence-electron chi connectivity index (χ4n) is 2.48. The molecule has 2 rings (SSSR count). The second-order valence-corrected chi connectivity index (χ2v) is 7.28. The minimum Gasteiger partial charge on any atom is -0.324 e. The van der Waals surface area contributed by atoms with Gasteiger partial charge in [0.05, 0.1) is 11.5 Å². The van der Waals surface area contributed by atoms with Crippen LogP contribution in [0.25, 0.3) is 0 Å². The Morgan fingerprint density at radius 1 is 1.35 bits per heavy atom. The molecule has 1 aromatic carbocycles. The number of rotatable bonds is 2. The molecule has 0 aromatic heterocycles. The van der Waals surface area contributed by atoms with Crippen molar-refractivity contribution in [3.05, 3.63) is 34.9 Å². The molecule has 2 N–H and O–H groups in total. The minimum absolute atomic E-state index is 0.0699. The number of benzene rings is 1. The van der Waals surface area contributed by atoms with Crippen LogP contribution in [0.1, 0.15) is 29.2 Å². The maximum absolute atomic E-state index is 11.5. The van der Waals surface area contributed by atoms with Gasteiger partial charge in [0.2, 0.25) is 0 Å². The quantitative estimate of drug-likeness (QED) is 0.873. The first-order chi connectivity index (χ1) is 7.89. The Balaban J connectivity index is 2.26. The minimum atomic E-state index is -2.85. The first-order valence-electron chi connectivity index (χ1n) is 5.92. The summed E-state index contributed by atoms with van der Waals surface area (Å²) in [6, 6.07) is 6.02. The molecule has 0 spiro atoms. The van der Waals surface area contributed by atoms with Gasteiger partial charge in [0.15, 0.2) is 9.84 Å². The standard InChI is InChI=1S/C13H19NO2S/c1-9-3-4-10(2)12(7-9)13(14)11-5-6-17(15,16)8-11/h3-4,7,11,13H,5-6,8,14H2,1-2H3. The van der Waals surface area contributed by atoms with E-state index < -0.39 is 9.84 Å². The van der Waals surface area contributed by atoms with Gasteiger partial charge < -0.3 is 5.73 Å². The molecule has 0 amide bonds. The summed E-state index contributed by atoms with van der Waals surface area (Å²) in [6.45, 7) is 4.05. The Bertz CT molecular complexity index is 522. The highest BCUT2D eigenvalue weighted by molar-refractivity contribution is 7.91. The van der Waals surface area contributed by atoms with Crippen LogP contribution < -0.4 is 5.73 Å². The molecule has 17 heavy (non-hydrogen) atoms. The van der Waals surface area contributed by atoms with E-state index in [0.29, 0.717) is 6.42 Å². The van der Waals surface area contributed by atoms with Gasteiger partial charge in [-0.05, 0) is 37.3 Å². The summed E-state index contributed by atoms with van der Waals surface area (Å²) in [7, 11) is -2.85. The summed E-state index contributed by atoms with van der Waals surface area (Å²) in [4.78, 5) is 0. The molecular weight excluding hydrogens is 234 g/mol. The highest BCUT2D eigenvalue weighted by Crippen LogP contribution is 2.31. The Morgan fingerprint density at radius 3 is 2.65 bits per heavy atom. The van der Waals surface area contributed by atoms with E-state index in [1.54, 1.807) is 0 Å². The zero-order valence-corrected chi connectivity index (χ0v) is 11.1. The zero-order valence-electron chi connectivity index (χ0n) is 10.3. The van der Waals surface area contributed by atoms with E-state index in [1.165, 1.54) is 5.56 Å². The molecule has 1 aliphatic heterocycles. The smallest absolute Gasteiger partial charge is 0.150 e. The third-order valence-electron chi connectivity index (χ3n) is 3.57. The maximum Gasteiger partial charge on any atom is 0.150 e. The van der Waals surface area contributed by atoms with Gasteiger partial charge in [-0.2, -0.15) is 0 Å². The SMILES string of the molecule is Cc1ccc(C)c(C(N)C2CCS(=O)(=O)C2)c1. The van der Waals surface area contributed by atoms with Crippen LogP contribution in [0.15, 0.2) is 18.2 Å². The van der Waals surface area contributed by atoms with Crippen LogP contribution in [0.3, 0.4) is 0 Å². The summed E-state index contributed by atoms with van der Waals surface area (Å²) >= 11 is 0. The third kappa shape index (κ3) is 2.69. The van der Waals surface area contributed by atoms with Crippen molar-refractivity contribution in [1.82, 2.24) is 0 Å². The average molecular weight is 253 g/mol. The van der Waals surface area contributed by atoms with E-state index in [2.05, 4.69) is 12.1 Å². The van der Waals surface area contributed by atoms with Gasteiger partial charge in [-0.1, -0.05) is 23.8 Å². The number of hydrogen-bond donors (Lipinski definition) is 1. The third-order valence-corrected chi connectivity index (χ3v) is 5.36. The van der Waals surface area contributed by atoms with Crippen LogP contribution in [0.2, 0.25) is 0 Å². The molecule has 0 saturated carbocycles. The number of aryl methyl sites for hydroxylation is 2. The van der Waals surface area contributed by atoms with E-state index in [-0.39, 0.29) is 23.5 Å². The van der Waals surface area contributed by atoms with Crippen molar-refractivity contribution in [2.24, 2.45) is 11.7 Å². The first kappa shape index (κ1) is 12.6. The van der Waals surface area contributed by atoms with E-state index in [1.807, 2.05) is 19.9 Å². The van der Waals surface area contributed by atoms with E-state index >= 15 is 0 Å². The lowest BCUT2D eigenvalue weighted by molar-refractivity contribution is 0.478. The van der Waals surface area contributed by atoms with Gasteiger partial charge in [-0.25, -0.2) is 8.42 Å². The molecule has 2 unspecified atom stereocenters. The molecular formula is C13H19NO2S. The van der Waals surface area contributed by atoms with Crippen molar-refractivity contribution in [3.63, 3.8) is 0 Å². The van der Waals surface area contributed by atoms with Gasteiger partial charge in [0.1, 0.15) is 0 Å². The van der Waals surface area contributed by atoms with Crippen LogP contribution >= 0.6 is 0 Å². The molecule has 1 aromatic rings. The summed E-state index contributed by atoms with van der Waals surface area (Å²) in [5, 5.41) is 0. The molecule has 0 bridgehead atoms. The molecule has 1 aliphatic rings. The lowest BCUT2D eigenvalue weighted by atomic mass is 9.90. The van der Waals surface area contributed by atoms with Crippen molar-refractivity contribution in [2.45, 2.75) is 26.3 Å². The van der Waals surface area contributed by atoms with Gasteiger partial charge >= 0.3 is 0 Å². The van der Waals surface area contributed by atoms with Crippen molar-refractivity contribution in [3.8, 4) is 0 Å². The van der Waals surface area contributed by atoms with Crippen molar-refractivity contribution in [1.29, 1.82) is 0 Å². The van der Waals surface area contributed by atoms with E-state index in [9.17, 15) is 8.42 Å². The number of sulfone groups is 1. The molecule has 2 atom stereocenters. The second kappa shape index (κ2) is 4.42. The van der Waals surface area contributed by atoms with Crippen LogP contribution in [0, 0.1) is 19.8 Å². The van der Waals surface area contributed by atoms with E-state index in [4.69, 9.17) is 5.73 Å². The Kier molecular flexibility index (Phi) is 3.27. The second-order valence-electron chi connectivity index (χ2n) is 5.05. The molecule has 1 saturated heterocycles. The fraction of sp³-hybridized carbons (Fsp3) is 0.538. The lowest BCUT2D eigenvalue weighted by Gasteiger charge is -2.20. The van der Waals surface area contributed by atoms with Crippen molar-refractivity contribution < 1.29 is 8.42 Å². The van der Waals surface area contributed by atoms with Gasteiger partial charge in [0.25, 0.3) is 0 Å². The Morgan fingerprint density at radius 2 is 2.06 bits per heavy atom. The van der Waals surface area contributed by atoms with Crippen LogP contribution in [0.5, 0.6) is 0 Å². The molecule has 94 valence electrons. The predicted octanol–water partition coefficient (Wildman–Crippen LogP) is 1.74. The maximum atomic E-state index is 11.5. The molecule has 4 heteroatoms. The average Bonchev–Trinajstić information content (AvgIpc) is 2.61. The molecule has 1 fully saturated rings. The highest BCUT2D eigenvalue weighted by Gasteiger charge is 2.33. The summed E-state index contributed by atoms with van der Waals surface area (Å²) in [5.41, 5.74) is 9.63. The largest absolute Gasteiger partial charge is 0.324 e. The van der Waals surface area contributed by atoms with Crippen LogP contribution in [0.4, 0.5) is 0 Å². The topological polar surface area (TPSA) is 60.2 Å². The predicted molar refractivity (Wildman–Crippen MR) is 69.6 cm³/mol. The molecule has 1 heterocycles. The summed E-state index contributed by atoms with van der Waals surface area (Å²) < 4.78 is 22.9. The summed E-state index contributed by atoms with van der Waals surface area (Å²) in [5.74, 6) is 0.595. The van der Waals surface area contributed by atoms with E-state index in [0.717, 1.165) is 11.1 Å². The Hall–Kier alpha value is -0.870. The lowest BCUT2D eigenvalue weighted by Crippen LogP contribution is -2.23. The fourth-order valence-corrected chi connectivity index (χ4v) is 4.33. The molecule has 0 aliphatic carbocycles. The van der Waals surface area contributed by atoms with Crippen molar-refractivity contribution >= 4 is 9.84 Å². The van der Waals surface area contributed by atoms with Gasteiger partial charge in [0, 0.05) is 6.04 Å². The monoisotopic (exact) mass is 253 g/mol. The van der Waals surface area contributed by atoms with Crippen molar-refractivity contribution in [2.75, 3.05) is 11.5 Å². The van der Waals surface area contributed by atoms with Crippen LogP contribution in [-0.2, 0) is 9.84 Å². The van der Waals surface area contributed by atoms with Gasteiger partial charge in [-0.15, -0.1) is 0 Å². The van der Waals surface area contributed by atoms with Gasteiger partial charge in [-0.3, -0.25) is 0 Å². The number of nitrogens with two attached hydrogens (primary N) is 1. The Labute approximate surface area is 103 Å². The highest BCUT2D eigenvalue weighted by atomic mass is 32.2. The first-order valence-corrected chi connectivity index (χ1v) is 7.74. The van der Waals surface area contributed by atoms with Crippen LogP contribution in [-0.4, -0.2) is 19.9 Å². The number of hydrogen-bond acceptors (Lipinski definition) is 3. The molecule has 3 nitrogen and oxygen atoms in total. The summed E-state index contributed by atoms with van der Waals surface area (Å²) in [6.07, 6.45) is 0.691. The molecule has 0 radical (unpaired) electrons. The normalized spacial score (nSPS) is 24.8.